The molecule has 0 aromatic heterocycles. The number of hydrogen-bond acceptors (Lipinski definition) is 2. The molecule has 1 saturated carbocycles. The fourth-order valence-corrected chi connectivity index (χ4v) is 2.87. The molecule has 2 atom stereocenters. The highest BCUT2D eigenvalue weighted by molar-refractivity contribution is 4.80. The van der Waals surface area contributed by atoms with Gasteiger partial charge in [0.1, 0.15) is 0 Å². The van der Waals surface area contributed by atoms with E-state index in [0.29, 0.717) is 0 Å². The van der Waals surface area contributed by atoms with Gasteiger partial charge in [0, 0.05) is 6.04 Å². The van der Waals surface area contributed by atoms with Gasteiger partial charge in [0.2, 0.25) is 0 Å². The van der Waals surface area contributed by atoms with Gasteiger partial charge in [0.25, 0.3) is 0 Å². The summed E-state index contributed by atoms with van der Waals surface area (Å²) in [6.07, 6.45) is 7.01. The van der Waals surface area contributed by atoms with Crippen molar-refractivity contribution in [2.45, 2.75) is 45.1 Å². The first-order valence-corrected chi connectivity index (χ1v) is 6.30. The maximum atomic E-state index is 3.75. The molecule has 2 rings (SSSR count). The first-order valence-electron chi connectivity index (χ1n) is 6.30. The smallest absolute Gasteiger partial charge is 0.00913 e. The molecule has 1 aliphatic heterocycles. The largest absolute Gasteiger partial charge is 0.317 e. The first kappa shape index (κ1) is 10.4. The Morgan fingerprint density at radius 3 is 2.57 bits per heavy atom. The number of piperidine rings is 1. The molecule has 2 fully saturated rings. The van der Waals surface area contributed by atoms with Crippen molar-refractivity contribution in [1.29, 1.82) is 0 Å². The van der Waals surface area contributed by atoms with Gasteiger partial charge in [0.05, 0.1) is 0 Å². The molecule has 0 aromatic rings. The van der Waals surface area contributed by atoms with Gasteiger partial charge >= 0.3 is 0 Å². The molecule has 2 unspecified atom stereocenters. The first-order chi connectivity index (χ1) is 6.86. The summed E-state index contributed by atoms with van der Waals surface area (Å²) in [5.41, 5.74) is 0. The predicted molar refractivity (Wildman–Crippen MR) is 60.4 cm³/mol. The molecule has 1 aliphatic carbocycles. The Morgan fingerprint density at radius 2 is 1.93 bits per heavy atom. The Hall–Kier alpha value is -0.0800. The van der Waals surface area contributed by atoms with Crippen LogP contribution in [0.25, 0.3) is 0 Å². The highest BCUT2D eigenvalue weighted by Gasteiger charge is 2.24. The predicted octanol–water partition coefficient (Wildman–Crippen LogP) is 1.76. The lowest BCUT2D eigenvalue weighted by atomic mass is 9.97. The van der Waals surface area contributed by atoms with Crippen LogP contribution in [0.3, 0.4) is 0 Å². The van der Waals surface area contributed by atoms with E-state index in [1.807, 2.05) is 0 Å². The van der Waals surface area contributed by atoms with E-state index >= 15 is 0 Å². The summed E-state index contributed by atoms with van der Waals surface area (Å²) in [5, 5.41) is 7.17. The van der Waals surface area contributed by atoms with Crippen molar-refractivity contribution in [2.75, 3.05) is 19.6 Å². The Labute approximate surface area is 87.8 Å². The van der Waals surface area contributed by atoms with E-state index in [-0.39, 0.29) is 0 Å². The Balaban J connectivity index is 1.65. The van der Waals surface area contributed by atoms with Gasteiger partial charge in [-0.3, -0.25) is 0 Å². The van der Waals surface area contributed by atoms with Crippen LogP contribution in [0.1, 0.15) is 39.0 Å². The monoisotopic (exact) mass is 196 g/mol. The molecule has 82 valence electrons. The molecule has 0 aromatic carbocycles. The quantitative estimate of drug-likeness (QED) is 0.719. The molecule has 2 nitrogen and oxygen atoms in total. The average molecular weight is 196 g/mol. The number of nitrogens with one attached hydrogen (secondary N) is 2. The van der Waals surface area contributed by atoms with Crippen LogP contribution in [0.2, 0.25) is 0 Å². The van der Waals surface area contributed by atoms with Crippen molar-refractivity contribution in [1.82, 2.24) is 10.6 Å². The van der Waals surface area contributed by atoms with Crippen molar-refractivity contribution in [3.05, 3.63) is 0 Å². The van der Waals surface area contributed by atoms with Crippen LogP contribution >= 0.6 is 0 Å². The summed E-state index contributed by atoms with van der Waals surface area (Å²) in [4.78, 5) is 0. The van der Waals surface area contributed by atoms with E-state index in [1.54, 1.807) is 0 Å². The van der Waals surface area contributed by atoms with Crippen molar-refractivity contribution >= 4 is 0 Å². The topological polar surface area (TPSA) is 24.1 Å². The van der Waals surface area contributed by atoms with Gasteiger partial charge in [-0.2, -0.15) is 0 Å². The highest BCUT2D eigenvalue weighted by Crippen LogP contribution is 2.30. The van der Waals surface area contributed by atoms with Gasteiger partial charge in [-0.15, -0.1) is 0 Å². The van der Waals surface area contributed by atoms with Gasteiger partial charge in [0.15, 0.2) is 0 Å². The highest BCUT2D eigenvalue weighted by atomic mass is 15.0. The second-order valence-electron chi connectivity index (χ2n) is 5.10. The lowest BCUT2D eigenvalue weighted by Gasteiger charge is -2.26. The molecule has 0 amide bonds. The van der Waals surface area contributed by atoms with E-state index in [1.165, 1.54) is 51.7 Å². The van der Waals surface area contributed by atoms with Crippen LogP contribution in [0.4, 0.5) is 0 Å². The third-order valence-corrected chi connectivity index (χ3v) is 4.05. The second-order valence-corrected chi connectivity index (χ2v) is 5.10. The van der Waals surface area contributed by atoms with Crippen LogP contribution in [0.5, 0.6) is 0 Å². The number of rotatable bonds is 3. The lowest BCUT2D eigenvalue weighted by Crippen LogP contribution is -2.42. The molecule has 0 bridgehead atoms. The van der Waals surface area contributed by atoms with Crippen molar-refractivity contribution in [3.8, 4) is 0 Å². The summed E-state index contributed by atoms with van der Waals surface area (Å²) < 4.78 is 0. The third kappa shape index (κ3) is 2.71. The molecular weight excluding hydrogens is 172 g/mol. The maximum absolute atomic E-state index is 3.75. The molecule has 1 saturated heterocycles. The summed E-state index contributed by atoms with van der Waals surface area (Å²) in [6, 6.07) is 0.795. The van der Waals surface area contributed by atoms with E-state index in [0.717, 1.165) is 17.9 Å². The Bertz CT molecular complexity index is 164. The van der Waals surface area contributed by atoms with Crippen LogP contribution < -0.4 is 10.6 Å². The van der Waals surface area contributed by atoms with Gasteiger partial charge in [-0.05, 0) is 50.7 Å². The molecule has 2 aliphatic rings. The van der Waals surface area contributed by atoms with E-state index in [9.17, 15) is 0 Å². The molecular formula is C12H24N2. The minimum atomic E-state index is 0.795. The summed E-state index contributed by atoms with van der Waals surface area (Å²) in [6.45, 7) is 6.10. The average Bonchev–Trinajstić information content (AvgIpc) is 2.63. The molecule has 0 radical (unpaired) electrons. The van der Waals surface area contributed by atoms with Crippen molar-refractivity contribution in [2.24, 2.45) is 11.8 Å². The van der Waals surface area contributed by atoms with Gasteiger partial charge in [-0.1, -0.05) is 19.8 Å². The van der Waals surface area contributed by atoms with Crippen LogP contribution in [-0.4, -0.2) is 25.7 Å². The fraction of sp³-hybridized carbons (Fsp3) is 1.00. The van der Waals surface area contributed by atoms with Crippen molar-refractivity contribution in [3.63, 3.8) is 0 Å². The van der Waals surface area contributed by atoms with Crippen molar-refractivity contribution < 1.29 is 0 Å². The zero-order chi connectivity index (χ0) is 9.80. The van der Waals surface area contributed by atoms with Crippen LogP contribution in [0.15, 0.2) is 0 Å². The standard InChI is InChI=1S/C12H24N2/c1-10-3-2-4-11(10)9-14-12-5-7-13-8-6-12/h10-14H,2-9H2,1H3. The molecule has 0 spiro atoms. The third-order valence-electron chi connectivity index (χ3n) is 4.05. The minimum Gasteiger partial charge on any atom is -0.317 e. The lowest BCUT2D eigenvalue weighted by molar-refractivity contribution is 0.328. The van der Waals surface area contributed by atoms with Gasteiger partial charge < -0.3 is 10.6 Å². The Kier molecular flexibility index (Phi) is 3.82. The molecule has 2 heteroatoms. The fourth-order valence-electron chi connectivity index (χ4n) is 2.87. The normalized spacial score (nSPS) is 34.9. The van der Waals surface area contributed by atoms with Crippen LogP contribution in [0, 0.1) is 11.8 Å². The number of hydrogen-bond donors (Lipinski definition) is 2. The second kappa shape index (κ2) is 5.13. The summed E-state index contributed by atoms with van der Waals surface area (Å²) in [5.74, 6) is 1.93. The van der Waals surface area contributed by atoms with E-state index in [2.05, 4.69) is 17.6 Å². The summed E-state index contributed by atoms with van der Waals surface area (Å²) >= 11 is 0. The molecule has 2 N–H and O–H groups in total. The van der Waals surface area contributed by atoms with E-state index in [4.69, 9.17) is 0 Å². The molecule has 14 heavy (non-hydrogen) atoms. The Morgan fingerprint density at radius 1 is 1.14 bits per heavy atom. The SMILES string of the molecule is CC1CCCC1CNC1CCNCC1. The zero-order valence-electron chi connectivity index (χ0n) is 9.39. The van der Waals surface area contributed by atoms with Gasteiger partial charge in [-0.25, -0.2) is 0 Å². The molecule has 1 heterocycles. The minimum absolute atomic E-state index is 0.795. The summed E-state index contributed by atoms with van der Waals surface area (Å²) in [7, 11) is 0. The maximum Gasteiger partial charge on any atom is 0.00913 e. The zero-order valence-corrected chi connectivity index (χ0v) is 9.39. The van der Waals surface area contributed by atoms with Crippen LogP contribution in [-0.2, 0) is 0 Å². The van der Waals surface area contributed by atoms with E-state index < -0.39 is 0 Å².